The SMILES string of the molecule is C\C=C/C=C(\C=C/CC)Cn1ccc2ncc(Nc3ccn[nH]3)nc21. The Morgan fingerprint density at radius 1 is 1.36 bits per heavy atom. The van der Waals surface area contributed by atoms with Gasteiger partial charge in [0.15, 0.2) is 11.5 Å². The van der Waals surface area contributed by atoms with E-state index in [2.05, 4.69) is 56.3 Å². The summed E-state index contributed by atoms with van der Waals surface area (Å²) in [6.07, 6.45) is 17.0. The van der Waals surface area contributed by atoms with Crippen LogP contribution in [0, 0.1) is 0 Å². The van der Waals surface area contributed by atoms with Crippen LogP contribution in [-0.2, 0) is 6.54 Å². The first-order chi connectivity index (χ1) is 12.3. The van der Waals surface area contributed by atoms with Crippen molar-refractivity contribution in [3.8, 4) is 0 Å². The smallest absolute Gasteiger partial charge is 0.161 e. The third kappa shape index (κ3) is 4.23. The van der Waals surface area contributed by atoms with E-state index in [1.54, 1.807) is 12.4 Å². The Kier molecular flexibility index (Phi) is 5.41. The minimum absolute atomic E-state index is 0.680. The van der Waals surface area contributed by atoms with Crippen molar-refractivity contribution in [2.45, 2.75) is 26.8 Å². The van der Waals surface area contributed by atoms with Gasteiger partial charge in [-0.25, -0.2) is 9.97 Å². The number of rotatable bonds is 7. The molecule has 0 fully saturated rings. The van der Waals surface area contributed by atoms with E-state index in [0.717, 1.165) is 29.9 Å². The Balaban J connectivity index is 1.88. The number of hydrogen-bond acceptors (Lipinski definition) is 4. The molecule has 0 spiro atoms. The maximum atomic E-state index is 4.70. The van der Waals surface area contributed by atoms with E-state index in [9.17, 15) is 0 Å². The number of H-pyrrole nitrogens is 1. The van der Waals surface area contributed by atoms with Gasteiger partial charge >= 0.3 is 0 Å². The highest BCUT2D eigenvalue weighted by atomic mass is 15.2. The molecule has 0 bridgehead atoms. The van der Waals surface area contributed by atoms with Gasteiger partial charge < -0.3 is 9.88 Å². The molecule has 6 heteroatoms. The van der Waals surface area contributed by atoms with Crippen molar-refractivity contribution in [1.29, 1.82) is 0 Å². The molecule has 0 aromatic carbocycles. The molecule has 3 aromatic rings. The summed E-state index contributed by atoms with van der Waals surface area (Å²) < 4.78 is 2.11. The lowest BCUT2D eigenvalue weighted by atomic mass is 10.2. The van der Waals surface area contributed by atoms with Crippen molar-refractivity contribution in [2.75, 3.05) is 5.32 Å². The molecule has 0 amide bonds. The summed E-state index contributed by atoms with van der Waals surface area (Å²) in [6.45, 7) is 4.89. The zero-order valence-electron chi connectivity index (χ0n) is 14.5. The summed E-state index contributed by atoms with van der Waals surface area (Å²) in [5.41, 5.74) is 2.94. The Labute approximate surface area is 147 Å². The number of anilines is 2. The molecule has 3 rings (SSSR count). The molecule has 0 aliphatic carbocycles. The van der Waals surface area contributed by atoms with Gasteiger partial charge in [0.25, 0.3) is 0 Å². The summed E-state index contributed by atoms with van der Waals surface area (Å²) >= 11 is 0. The number of aromatic amines is 1. The van der Waals surface area contributed by atoms with E-state index in [1.807, 2.05) is 31.3 Å². The fraction of sp³-hybridized carbons (Fsp3) is 0.211. The number of nitrogens with zero attached hydrogens (tertiary/aromatic N) is 4. The molecular weight excluding hydrogens is 312 g/mol. The van der Waals surface area contributed by atoms with Crippen molar-refractivity contribution >= 4 is 22.8 Å². The van der Waals surface area contributed by atoms with Crippen LogP contribution in [0.25, 0.3) is 11.2 Å². The average Bonchev–Trinajstić information content (AvgIpc) is 3.27. The lowest BCUT2D eigenvalue weighted by Crippen LogP contribution is -2.02. The van der Waals surface area contributed by atoms with E-state index in [0.29, 0.717) is 5.82 Å². The van der Waals surface area contributed by atoms with Gasteiger partial charge in [0.2, 0.25) is 0 Å². The second-order valence-electron chi connectivity index (χ2n) is 5.58. The highest BCUT2D eigenvalue weighted by molar-refractivity contribution is 5.73. The zero-order chi connectivity index (χ0) is 17.5. The van der Waals surface area contributed by atoms with Crippen molar-refractivity contribution < 1.29 is 0 Å². The fourth-order valence-corrected chi connectivity index (χ4v) is 2.45. The van der Waals surface area contributed by atoms with Crippen LogP contribution in [0.1, 0.15) is 20.3 Å². The number of hydrogen-bond donors (Lipinski definition) is 2. The third-order valence-electron chi connectivity index (χ3n) is 3.65. The van der Waals surface area contributed by atoms with E-state index in [4.69, 9.17) is 4.98 Å². The van der Waals surface area contributed by atoms with E-state index >= 15 is 0 Å². The standard InChI is InChI=1S/C19H22N6/c1-3-5-7-15(8-6-4-2)14-25-12-10-16-19(25)23-18(13-20-16)22-17-9-11-21-24-17/h3,5-13H,4,14H2,1-2H3,(H2,21,22,23,24)/b5-3-,8-6-,15-7+. The molecule has 0 radical (unpaired) electrons. The first kappa shape index (κ1) is 16.7. The summed E-state index contributed by atoms with van der Waals surface area (Å²) in [5, 5.41) is 9.95. The van der Waals surface area contributed by atoms with Crippen molar-refractivity contribution in [3.63, 3.8) is 0 Å². The first-order valence-electron chi connectivity index (χ1n) is 8.37. The maximum Gasteiger partial charge on any atom is 0.161 e. The van der Waals surface area contributed by atoms with Crippen LogP contribution in [0.2, 0.25) is 0 Å². The molecule has 0 atom stereocenters. The first-order valence-corrected chi connectivity index (χ1v) is 8.37. The Hall–Kier alpha value is -3.15. The summed E-state index contributed by atoms with van der Waals surface area (Å²) in [4.78, 5) is 9.18. The number of nitrogens with one attached hydrogen (secondary N) is 2. The third-order valence-corrected chi connectivity index (χ3v) is 3.65. The molecule has 0 unspecified atom stereocenters. The van der Waals surface area contributed by atoms with Crippen LogP contribution in [0.15, 0.2) is 66.7 Å². The quantitative estimate of drug-likeness (QED) is 0.630. The van der Waals surface area contributed by atoms with Gasteiger partial charge in [-0.05, 0) is 25.0 Å². The van der Waals surface area contributed by atoms with Crippen molar-refractivity contribution in [3.05, 3.63) is 66.7 Å². The van der Waals surface area contributed by atoms with E-state index in [-0.39, 0.29) is 0 Å². The second-order valence-corrected chi connectivity index (χ2v) is 5.58. The Morgan fingerprint density at radius 2 is 2.28 bits per heavy atom. The van der Waals surface area contributed by atoms with Crippen molar-refractivity contribution in [2.24, 2.45) is 0 Å². The topological polar surface area (TPSA) is 71.4 Å². The average molecular weight is 334 g/mol. The molecular formula is C19H22N6. The van der Waals surface area contributed by atoms with Gasteiger partial charge in [0.1, 0.15) is 11.3 Å². The van der Waals surface area contributed by atoms with Gasteiger partial charge in [0, 0.05) is 18.8 Å². The van der Waals surface area contributed by atoms with Crippen LogP contribution in [0.3, 0.4) is 0 Å². The van der Waals surface area contributed by atoms with E-state index < -0.39 is 0 Å². The number of allylic oxidation sites excluding steroid dienone is 6. The minimum atomic E-state index is 0.680. The van der Waals surface area contributed by atoms with Crippen LogP contribution in [0.5, 0.6) is 0 Å². The minimum Gasteiger partial charge on any atom is -0.327 e. The second kappa shape index (κ2) is 8.10. The molecule has 25 heavy (non-hydrogen) atoms. The molecule has 0 saturated heterocycles. The van der Waals surface area contributed by atoms with Crippen LogP contribution in [0.4, 0.5) is 11.6 Å². The van der Waals surface area contributed by atoms with Crippen molar-refractivity contribution in [1.82, 2.24) is 24.7 Å². The van der Waals surface area contributed by atoms with Gasteiger partial charge in [0.05, 0.1) is 12.4 Å². The lowest BCUT2D eigenvalue weighted by molar-refractivity contribution is 0.823. The zero-order valence-corrected chi connectivity index (χ0v) is 14.5. The van der Waals surface area contributed by atoms with Gasteiger partial charge in [-0.15, -0.1) is 0 Å². The monoisotopic (exact) mass is 334 g/mol. The van der Waals surface area contributed by atoms with Crippen LogP contribution in [-0.4, -0.2) is 24.7 Å². The molecule has 3 heterocycles. The molecule has 0 aliphatic heterocycles. The van der Waals surface area contributed by atoms with Crippen LogP contribution >= 0.6 is 0 Å². The normalized spacial score (nSPS) is 12.6. The van der Waals surface area contributed by atoms with E-state index in [1.165, 1.54) is 5.57 Å². The highest BCUT2D eigenvalue weighted by Crippen LogP contribution is 2.18. The summed E-state index contributed by atoms with van der Waals surface area (Å²) in [7, 11) is 0. The van der Waals surface area contributed by atoms with Gasteiger partial charge in [-0.3, -0.25) is 5.10 Å². The molecule has 128 valence electrons. The summed E-state index contributed by atoms with van der Waals surface area (Å²) in [5.74, 6) is 1.46. The lowest BCUT2D eigenvalue weighted by Gasteiger charge is -2.07. The molecule has 2 N–H and O–H groups in total. The Bertz CT molecular complexity index is 899. The van der Waals surface area contributed by atoms with Crippen LogP contribution < -0.4 is 5.32 Å². The summed E-state index contributed by atoms with van der Waals surface area (Å²) in [6, 6.07) is 3.83. The maximum absolute atomic E-state index is 4.70. The largest absolute Gasteiger partial charge is 0.327 e. The fourth-order valence-electron chi connectivity index (χ4n) is 2.45. The highest BCUT2D eigenvalue weighted by Gasteiger charge is 2.07. The Morgan fingerprint density at radius 3 is 3.04 bits per heavy atom. The predicted octanol–water partition coefficient (Wildman–Crippen LogP) is 4.37. The molecule has 6 nitrogen and oxygen atoms in total. The van der Waals surface area contributed by atoms with Gasteiger partial charge in [-0.2, -0.15) is 5.10 Å². The number of fused-ring (bicyclic) bond motifs is 1. The molecule has 0 aliphatic rings. The number of aromatic nitrogens is 5. The predicted molar refractivity (Wildman–Crippen MR) is 102 cm³/mol. The molecule has 3 aromatic heterocycles. The van der Waals surface area contributed by atoms with Gasteiger partial charge in [-0.1, -0.05) is 37.3 Å². The molecule has 0 saturated carbocycles.